The highest BCUT2D eigenvalue weighted by molar-refractivity contribution is 5.73. The molecule has 2 aromatic heterocycles. The molecular weight excluding hydrogens is 330 g/mol. The highest BCUT2D eigenvalue weighted by Gasteiger charge is 2.28. The first kappa shape index (κ1) is 16.9. The van der Waals surface area contributed by atoms with Gasteiger partial charge in [-0.15, -0.1) is 0 Å². The lowest BCUT2D eigenvalue weighted by Gasteiger charge is -2.22. The van der Waals surface area contributed by atoms with Crippen molar-refractivity contribution in [3.8, 4) is 11.4 Å². The third kappa shape index (κ3) is 3.26. The number of pyridine rings is 1. The van der Waals surface area contributed by atoms with Crippen molar-refractivity contribution < 1.29 is 9.90 Å². The fraction of sp³-hybridized carbons (Fsp3) is 0.474. The highest BCUT2D eigenvalue weighted by atomic mass is 16.3. The molecule has 1 fully saturated rings. The fourth-order valence-corrected chi connectivity index (χ4v) is 3.72. The summed E-state index contributed by atoms with van der Waals surface area (Å²) < 4.78 is 0. The predicted molar refractivity (Wildman–Crippen MR) is 97.8 cm³/mol. The summed E-state index contributed by atoms with van der Waals surface area (Å²) in [6.45, 7) is 4.36. The van der Waals surface area contributed by atoms with Gasteiger partial charge in [-0.2, -0.15) is 0 Å². The summed E-state index contributed by atoms with van der Waals surface area (Å²) in [4.78, 5) is 29.6. The number of carbonyl (C=O) groups excluding carboxylic acids is 1. The van der Waals surface area contributed by atoms with Crippen LogP contribution < -0.4 is 4.90 Å². The lowest BCUT2D eigenvalue weighted by Crippen LogP contribution is -2.31. The van der Waals surface area contributed by atoms with E-state index in [0.717, 1.165) is 48.4 Å². The number of aliphatic hydroxyl groups excluding tert-OH is 1. The Hall–Kier alpha value is -2.54. The molecule has 0 spiro atoms. The molecule has 1 saturated heterocycles. The SMILES string of the molecule is CC(=O)N1CCc2nc(-c3ccncc3)nc(N3CC[C@@H](O)C3)c2CC1. The van der Waals surface area contributed by atoms with Gasteiger partial charge >= 0.3 is 0 Å². The van der Waals surface area contributed by atoms with E-state index < -0.39 is 0 Å². The highest BCUT2D eigenvalue weighted by Crippen LogP contribution is 2.30. The van der Waals surface area contributed by atoms with E-state index in [1.54, 1.807) is 19.3 Å². The van der Waals surface area contributed by atoms with Crippen molar-refractivity contribution in [2.24, 2.45) is 0 Å². The van der Waals surface area contributed by atoms with Gasteiger partial charge in [0.05, 0.1) is 11.8 Å². The predicted octanol–water partition coefficient (Wildman–Crippen LogP) is 1.06. The zero-order chi connectivity index (χ0) is 18.1. The summed E-state index contributed by atoms with van der Waals surface area (Å²) in [5, 5.41) is 9.98. The van der Waals surface area contributed by atoms with Gasteiger partial charge in [-0.05, 0) is 25.0 Å². The van der Waals surface area contributed by atoms with Gasteiger partial charge in [-0.3, -0.25) is 9.78 Å². The minimum absolute atomic E-state index is 0.0956. The summed E-state index contributed by atoms with van der Waals surface area (Å²) >= 11 is 0. The quantitative estimate of drug-likeness (QED) is 0.869. The van der Waals surface area contributed by atoms with Crippen molar-refractivity contribution in [3.63, 3.8) is 0 Å². The van der Waals surface area contributed by atoms with E-state index in [0.29, 0.717) is 25.5 Å². The van der Waals surface area contributed by atoms with Crippen LogP contribution in [-0.4, -0.2) is 63.1 Å². The molecule has 7 heteroatoms. The molecule has 0 radical (unpaired) electrons. The van der Waals surface area contributed by atoms with Crippen LogP contribution in [0.3, 0.4) is 0 Å². The third-order valence-corrected chi connectivity index (χ3v) is 5.17. The maximum atomic E-state index is 11.8. The smallest absolute Gasteiger partial charge is 0.219 e. The van der Waals surface area contributed by atoms with E-state index in [4.69, 9.17) is 9.97 Å². The van der Waals surface area contributed by atoms with Crippen LogP contribution >= 0.6 is 0 Å². The molecule has 2 aliphatic heterocycles. The average molecular weight is 353 g/mol. The first-order valence-corrected chi connectivity index (χ1v) is 9.10. The Bertz CT molecular complexity index is 811. The summed E-state index contributed by atoms with van der Waals surface area (Å²) in [6, 6.07) is 3.81. The molecule has 0 aliphatic carbocycles. The molecule has 0 unspecified atom stereocenters. The molecule has 2 aliphatic rings. The Balaban J connectivity index is 1.77. The van der Waals surface area contributed by atoms with Crippen LogP contribution in [0.15, 0.2) is 24.5 Å². The Labute approximate surface area is 152 Å². The molecule has 0 bridgehead atoms. The van der Waals surface area contributed by atoms with Crippen LogP contribution in [0.4, 0.5) is 5.82 Å². The number of amides is 1. The topological polar surface area (TPSA) is 82.5 Å². The van der Waals surface area contributed by atoms with Gasteiger partial charge in [-0.1, -0.05) is 0 Å². The van der Waals surface area contributed by atoms with E-state index in [-0.39, 0.29) is 12.0 Å². The number of hydrogen-bond donors (Lipinski definition) is 1. The number of carbonyl (C=O) groups is 1. The van der Waals surface area contributed by atoms with Crippen LogP contribution in [0.5, 0.6) is 0 Å². The second-order valence-corrected chi connectivity index (χ2v) is 6.93. The average Bonchev–Trinajstić information content (AvgIpc) is 2.96. The zero-order valence-corrected chi connectivity index (χ0v) is 14.9. The van der Waals surface area contributed by atoms with E-state index in [9.17, 15) is 9.90 Å². The van der Waals surface area contributed by atoms with Gasteiger partial charge in [0.1, 0.15) is 5.82 Å². The minimum Gasteiger partial charge on any atom is -0.391 e. The Morgan fingerprint density at radius 1 is 1.15 bits per heavy atom. The first-order valence-electron chi connectivity index (χ1n) is 9.10. The Morgan fingerprint density at radius 3 is 2.62 bits per heavy atom. The van der Waals surface area contributed by atoms with E-state index in [1.165, 1.54) is 0 Å². The molecule has 4 heterocycles. The van der Waals surface area contributed by atoms with Crippen LogP contribution in [0.25, 0.3) is 11.4 Å². The van der Waals surface area contributed by atoms with Gasteiger partial charge in [0, 0.05) is 63.0 Å². The maximum absolute atomic E-state index is 11.8. The Morgan fingerprint density at radius 2 is 1.92 bits per heavy atom. The minimum atomic E-state index is -0.315. The van der Waals surface area contributed by atoms with Crippen molar-refractivity contribution in [2.75, 3.05) is 31.1 Å². The molecule has 1 N–H and O–H groups in total. The fourth-order valence-electron chi connectivity index (χ4n) is 3.72. The molecule has 1 amide bonds. The maximum Gasteiger partial charge on any atom is 0.219 e. The number of hydrogen-bond acceptors (Lipinski definition) is 6. The largest absolute Gasteiger partial charge is 0.391 e. The third-order valence-electron chi connectivity index (χ3n) is 5.17. The van der Waals surface area contributed by atoms with Crippen LogP contribution in [-0.2, 0) is 17.6 Å². The van der Waals surface area contributed by atoms with Gasteiger partial charge in [-0.25, -0.2) is 9.97 Å². The zero-order valence-electron chi connectivity index (χ0n) is 14.9. The monoisotopic (exact) mass is 353 g/mol. The molecule has 26 heavy (non-hydrogen) atoms. The molecular formula is C19H23N5O2. The molecule has 1 atom stereocenters. The Kier molecular flexibility index (Phi) is 4.55. The molecule has 0 aromatic carbocycles. The number of aliphatic hydroxyl groups is 1. The van der Waals surface area contributed by atoms with Crippen LogP contribution in [0.1, 0.15) is 24.6 Å². The normalized spacial score (nSPS) is 20.0. The van der Waals surface area contributed by atoms with E-state index in [1.807, 2.05) is 17.0 Å². The number of nitrogens with zero attached hydrogens (tertiary/aromatic N) is 5. The van der Waals surface area contributed by atoms with Gasteiger partial charge in [0.25, 0.3) is 0 Å². The second kappa shape index (κ2) is 6.99. The number of aromatic nitrogens is 3. The molecule has 4 rings (SSSR count). The van der Waals surface area contributed by atoms with Gasteiger partial charge in [0.2, 0.25) is 5.91 Å². The van der Waals surface area contributed by atoms with E-state index >= 15 is 0 Å². The van der Waals surface area contributed by atoms with E-state index in [2.05, 4.69) is 9.88 Å². The van der Waals surface area contributed by atoms with Crippen molar-refractivity contribution >= 4 is 11.7 Å². The standard InChI is InChI=1S/C19H23N5O2/c1-13(25)23-10-5-16-17(6-11-23)21-18(14-2-7-20-8-3-14)22-19(16)24-9-4-15(26)12-24/h2-3,7-8,15,26H,4-6,9-12H2,1H3/t15-/m1/s1. The second-order valence-electron chi connectivity index (χ2n) is 6.93. The number of fused-ring (bicyclic) bond motifs is 1. The lowest BCUT2D eigenvalue weighted by atomic mass is 10.1. The summed E-state index contributed by atoms with van der Waals surface area (Å²) in [6.07, 6.45) is 5.38. The molecule has 7 nitrogen and oxygen atoms in total. The van der Waals surface area contributed by atoms with Crippen molar-refractivity contribution in [3.05, 3.63) is 35.8 Å². The molecule has 136 valence electrons. The molecule has 2 aromatic rings. The lowest BCUT2D eigenvalue weighted by molar-refractivity contribution is -0.128. The van der Waals surface area contributed by atoms with Gasteiger partial charge in [0.15, 0.2) is 5.82 Å². The summed E-state index contributed by atoms with van der Waals surface area (Å²) in [5.74, 6) is 1.68. The van der Waals surface area contributed by atoms with Crippen LogP contribution in [0, 0.1) is 0 Å². The van der Waals surface area contributed by atoms with Crippen molar-refractivity contribution in [2.45, 2.75) is 32.3 Å². The number of rotatable bonds is 2. The molecule has 0 saturated carbocycles. The first-order chi connectivity index (χ1) is 12.6. The number of anilines is 1. The van der Waals surface area contributed by atoms with Crippen molar-refractivity contribution in [1.82, 2.24) is 19.9 Å². The van der Waals surface area contributed by atoms with Crippen molar-refractivity contribution in [1.29, 1.82) is 0 Å². The summed E-state index contributed by atoms with van der Waals surface area (Å²) in [7, 11) is 0. The van der Waals surface area contributed by atoms with Gasteiger partial charge < -0.3 is 14.9 Å². The van der Waals surface area contributed by atoms with Crippen LogP contribution in [0.2, 0.25) is 0 Å². The summed E-state index contributed by atoms with van der Waals surface area (Å²) in [5.41, 5.74) is 3.05. The number of β-amino-alcohol motifs (C(OH)–C–C–N with tert-alkyl or cyclic N) is 1.